The number of alkyl halides is 1. The highest BCUT2D eigenvalue weighted by Gasteiger charge is 2.37. The highest BCUT2D eigenvalue weighted by Crippen LogP contribution is 2.40. The molecular weight excluding hydrogens is 424 g/mol. The average molecular weight is 451 g/mol. The molecule has 1 N–H and O–H groups in total. The third kappa shape index (κ3) is 4.05. The Bertz CT molecular complexity index is 1220. The Hall–Kier alpha value is -3.05. The summed E-state index contributed by atoms with van der Waals surface area (Å²) >= 11 is 5.97. The predicted octanol–water partition coefficient (Wildman–Crippen LogP) is 5.63. The largest absolute Gasteiger partial charge is 0.459 e. The smallest absolute Gasteiger partial charge is 0.342 e. The fraction of sp³-hybridized carbons (Fsp3) is 0.308. The molecule has 0 bridgehead atoms. The van der Waals surface area contributed by atoms with Gasteiger partial charge in [-0.2, -0.15) is 0 Å². The van der Waals surface area contributed by atoms with Crippen LogP contribution in [0.15, 0.2) is 54.7 Å². The molecule has 0 fully saturated rings. The number of esters is 1. The van der Waals surface area contributed by atoms with E-state index in [1.807, 2.05) is 50.2 Å². The summed E-state index contributed by atoms with van der Waals surface area (Å²) in [6.45, 7) is 8.21. The number of hydrogen-bond acceptors (Lipinski definition) is 3. The summed E-state index contributed by atoms with van der Waals surface area (Å²) in [7, 11) is 0. The number of benzene rings is 2. The van der Waals surface area contributed by atoms with Crippen molar-refractivity contribution in [2.24, 2.45) is 0 Å². The molecule has 6 heteroatoms. The van der Waals surface area contributed by atoms with Crippen LogP contribution in [-0.2, 0) is 20.8 Å². The quantitative estimate of drug-likeness (QED) is 0.413. The standard InChI is InChI=1S/C26H27ClN2O3/c1-16(2)32-25(31)20-14-29(24(30)18-9-7-8-17(12-18)13-27)15-26(3,4)22-19-10-5-6-11-21(19)28-23(20)22/h5-12,14,16,28H,13,15H2,1-4H3. The van der Waals surface area contributed by atoms with Crippen LogP contribution in [0.1, 0.15) is 54.9 Å². The number of amides is 1. The van der Waals surface area contributed by atoms with E-state index in [2.05, 4.69) is 18.8 Å². The molecule has 2 aromatic carbocycles. The van der Waals surface area contributed by atoms with Crippen molar-refractivity contribution in [1.29, 1.82) is 0 Å². The van der Waals surface area contributed by atoms with Crippen molar-refractivity contribution in [3.05, 3.63) is 77.1 Å². The summed E-state index contributed by atoms with van der Waals surface area (Å²) in [6.07, 6.45) is 1.35. The van der Waals surface area contributed by atoms with Gasteiger partial charge in [-0.25, -0.2) is 4.79 Å². The van der Waals surface area contributed by atoms with Gasteiger partial charge in [0.15, 0.2) is 0 Å². The van der Waals surface area contributed by atoms with Crippen LogP contribution < -0.4 is 0 Å². The van der Waals surface area contributed by atoms with Gasteiger partial charge in [-0.05, 0) is 43.2 Å². The molecule has 2 heterocycles. The van der Waals surface area contributed by atoms with Gasteiger partial charge in [-0.3, -0.25) is 4.79 Å². The van der Waals surface area contributed by atoms with Crippen LogP contribution in [0.25, 0.3) is 16.5 Å². The number of carbonyl (C=O) groups is 2. The van der Waals surface area contributed by atoms with Crippen molar-refractivity contribution in [2.45, 2.75) is 45.1 Å². The molecule has 0 radical (unpaired) electrons. The second kappa shape index (κ2) is 8.47. The van der Waals surface area contributed by atoms with Crippen LogP contribution in [0.5, 0.6) is 0 Å². The summed E-state index contributed by atoms with van der Waals surface area (Å²) in [4.78, 5) is 31.7. The van der Waals surface area contributed by atoms with Crippen LogP contribution in [0, 0.1) is 0 Å². The highest BCUT2D eigenvalue weighted by molar-refractivity contribution is 6.19. The van der Waals surface area contributed by atoms with E-state index in [1.165, 1.54) is 0 Å². The van der Waals surface area contributed by atoms with Crippen LogP contribution >= 0.6 is 11.6 Å². The number of carbonyl (C=O) groups excluding carboxylic acids is 2. The van der Waals surface area contributed by atoms with E-state index in [4.69, 9.17) is 16.3 Å². The lowest BCUT2D eigenvalue weighted by Gasteiger charge is -2.29. The summed E-state index contributed by atoms with van der Waals surface area (Å²) in [5, 5.41) is 1.04. The third-order valence-electron chi connectivity index (χ3n) is 5.65. The molecule has 0 saturated carbocycles. The molecule has 0 atom stereocenters. The molecule has 0 unspecified atom stereocenters. The number of rotatable bonds is 4. The summed E-state index contributed by atoms with van der Waals surface area (Å²) in [5.74, 6) is -0.322. The van der Waals surface area contributed by atoms with Crippen molar-refractivity contribution in [1.82, 2.24) is 9.88 Å². The second-order valence-corrected chi connectivity index (χ2v) is 9.34. The van der Waals surface area contributed by atoms with Crippen molar-refractivity contribution in [3.63, 3.8) is 0 Å². The van der Waals surface area contributed by atoms with E-state index in [9.17, 15) is 9.59 Å². The lowest BCUT2D eigenvalue weighted by molar-refractivity contribution is -0.140. The summed E-state index contributed by atoms with van der Waals surface area (Å²) in [6, 6.07) is 15.2. The van der Waals surface area contributed by atoms with E-state index in [0.29, 0.717) is 29.3 Å². The normalized spacial score (nSPS) is 15.3. The van der Waals surface area contributed by atoms with Gasteiger partial charge in [-0.15, -0.1) is 11.6 Å². The topological polar surface area (TPSA) is 62.4 Å². The van der Waals surface area contributed by atoms with Gasteiger partial charge in [-0.1, -0.05) is 44.2 Å². The molecule has 4 rings (SSSR count). The maximum absolute atomic E-state index is 13.5. The first-order chi connectivity index (χ1) is 15.2. The predicted molar refractivity (Wildman–Crippen MR) is 128 cm³/mol. The van der Waals surface area contributed by atoms with Crippen molar-refractivity contribution >= 4 is 40.0 Å². The van der Waals surface area contributed by atoms with Gasteiger partial charge in [0.1, 0.15) is 0 Å². The molecule has 1 aliphatic heterocycles. The lowest BCUT2D eigenvalue weighted by Crippen LogP contribution is -2.37. The first kappa shape index (κ1) is 22.2. The molecular formula is C26H27ClN2O3. The zero-order chi connectivity index (χ0) is 23.0. The van der Waals surface area contributed by atoms with E-state index >= 15 is 0 Å². The molecule has 1 aromatic heterocycles. The van der Waals surface area contributed by atoms with E-state index in [0.717, 1.165) is 22.0 Å². The van der Waals surface area contributed by atoms with Crippen molar-refractivity contribution < 1.29 is 14.3 Å². The average Bonchev–Trinajstić information content (AvgIpc) is 3.10. The number of hydrogen-bond donors (Lipinski definition) is 1. The van der Waals surface area contributed by atoms with E-state index < -0.39 is 11.4 Å². The fourth-order valence-corrected chi connectivity index (χ4v) is 4.50. The maximum atomic E-state index is 13.5. The zero-order valence-corrected chi connectivity index (χ0v) is 19.5. The van der Waals surface area contributed by atoms with Crippen LogP contribution in [-0.4, -0.2) is 34.4 Å². The SMILES string of the molecule is CC(C)OC(=O)C1=CN(C(=O)c2cccc(CCl)c2)CC(C)(C)c2c1[nH]c1ccccc21. The molecule has 1 aliphatic rings. The number of para-hydroxylation sites is 1. The Labute approximate surface area is 193 Å². The molecule has 1 amide bonds. The number of halogens is 1. The number of nitrogens with one attached hydrogen (secondary N) is 1. The van der Waals surface area contributed by atoms with Crippen LogP contribution in [0.3, 0.4) is 0 Å². The van der Waals surface area contributed by atoms with Crippen molar-refractivity contribution in [2.75, 3.05) is 6.54 Å². The molecule has 0 saturated heterocycles. The summed E-state index contributed by atoms with van der Waals surface area (Å²) < 4.78 is 5.55. The van der Waals surface area contributed by atoms with Gasteiger partial charge in [0.05, 0.1) is 17.4 Å². The minimum absolute atomic E-state index is 0.186. The number of ether oxygens (including phenoxy) is 1. The summed E-state index contributed by atoms with van der Waals surface area (Å²) in [5.41, 5.74) is 3.97. The van der Waals surface area contributed by atoms with Crippen LogP contribution in [0.4, 0.5) is 0 Å². The first-order valence-electron chi connectivity index (χ1n) is 10.7. The minimum Gasteiger partial charge on any atom is -0.459 e. The van der Waals surface area contributed by atoms with E-state index in [1.54, 1.807) is 23.2 Å². The minimum atomic E-state index is -0.460. The number of fused-ring (bicyclic) bond motifs is 3. The lowest BCUT2D eigenvalue weighted by atomic mass is 9.81. The third-order valence-corrected chi connectivity index (χ3v) is 5.96. The molecule has 32 heavy (non-hydrogen) atoms. The molecule has 0 spiro atoms. The van der Waals surface area contributed by atoms with Gasteiger partial charge in [0, 0.05) is 40.5 Å². The monoisotopic (exact) mass is 450 g/mol. The Morgan fingerprint density at radius 3 is 2.62 bits per heavy atom. The van der Waals surface area contributed by atoms with Gasteiger partial charge in [0.25, 0.3) is 5.91 Å². The Morgan fingerprint density at radius 2 is 1.91 bits per heavy atom. The Morgan fingerprint density at radius 1 is 1.16 bits per heavy atom. The molecule has 166 valence electrons. The Kier molecular flexibility index (Phi) is 5.87. The van der Waals surface area contributed by atoms with Gasteiger partial charge in [0.2, 0.25) is 0 Å². The van der Waals surface area contributed by atoms with Crippen LogP contribution in [0.2, 0.25) is 0 Å². The highest BCUT2D eigenvalue weighted by atomic mass is 35.5. The number of aromatic amines is 1. The van der Waals surface area contributed by atoms with Gasteiger partial charge < -0.3 is 14.6 Å². The number of aromatic nitrogens is 1. The van der Waals surface area contributed by atoms with Crippen molar-refractivity contribution in [3.8, 4) is 0 Å². The van der Waals surface area contributed by atoms with Gasteiger partial charge >= 0.3 is 5.97 Å². The molecule has 5 nitrogen and oxygen atoms in total. The second-order valence-electron chi connectivity index (χ2n) is 9.07. The van der Waals surface area contributed by atoms with E-state index in [-0.39, 0.29) is 12.0 Å². The first-order valence-corrected chi connectivity index (χ1v) is 11.2. The number of H-pyrrole nitrogens is 1. The zero-order valence-electron chi connectivity index (χ0n) is 18.7. The molecule has 3 aromatic rings. The maximum Gasteiger partial charge on any atom is 0.342 e. The fourth-order valence-electron chi connectivity index (χ4n) is 4.33. The number of nitrogens with zero attached hydrogens (tertiary/aromatic N) is 1. The Balaban J connectivity index is 1.88. The molecule has 0 aliphatic carbocycles.